The number of aromatic carboxylic acids is 1. The van der Waals surface area contributed by atoms with Gasteiger partial charge in [0.05, 0.1) is 16.1 Å². The normalized spacial score (nSPS) is 16.3. The van der Waals surface area contributed by atoms with Crippen LogP contribution >= 0.6 is 0 Å². The molecule has 0 aromatic heterocycles. The maximum atomic E-state index is 12.8. The molecule has 1 fully saturated rings. The first-order valence-electron chi connectivity index (χ1n) is 11.8. The third-order valence-corrected chi connectivity index (χ3v) is 7.82. The number of sulfonamides is 1. The Morgan fingerprint density at radius 2 is 1.80 bits per heavy atom. The molecule has 0 bridgehead atoms. The smallest absolute Gasteiger partial charge is 0.337 e. The summed E-state index contributed by atoms with van der Waals surface area (Å²) in [6.07, 6.45) is 0.815. The molecule has 1 atom stereocenters. The monoisotopic (exact) mass is 493 g/mol. The number of hydrogen-bond donors (Lipinski definition) is 2. The summed E-state index contributed by atoms with van der Waals surface area (Å²) in [5.41, 5.74) is 4.28. The molecule has 1 heterocycles. The zero-order chi connectivity index (χ0) is 25.2. The van der Waals surface area contributed by atoms with Crippen LogP contribution in [0.3, 0.4) is 0 Å². The summed E-state index contributed by atoms with van der Waals surface area (Å²) < 4.78 is 28.2. The summed E-state index contributed by atoms with van der Waals surface area (Å²) >= 11 is 0. The Bertz CT molecular complexity index is 1320. The van der Waals surface area contributed by atoms with Crippen LogP contribution in [0.1, 0.15) is 35.3 Å². The molecular weight excluding hydrogens is 462 g/mol. The predicted octanol–water partition coefficient (Wildman–Crippen LogP) is 4.77. The molecule has 3 aromatic carbocycles. The zero-order valence-corrected chi connectivity index (χ0v) is 21.0. The van der Waals surface area contributed by atoms with Gasteiger partial charge in [0.1, 0.15) is 0 Å². The van der Waals surface area contributed by atoms with Crippen molar-refractivity contribution in [1.29, 1.82) is 0 Å². The Kier molecular flexibility index (Phi) is 7.03. The number of nitrogens with zero attached hydrogens (tertiary/aromatic N) is 2. The van der Waals surface area contributed by atoms with Gasteiger partial charge in [0.15, 0.2) is 0 Å². The van der Waals surface area contributed by atoms with Gasteiger partial charge in [0.2, 0.25) is 0 Å². The first kappa shape index (κ1) is 24.6. The Labute approximate surface area is 207 Å². The van der Waals surface area contributed by atoms with Crippen LogP contribution in [-0.4, -0.2) is 45.2 Å². The van der Waals surface area contributed by atoms with Crippen molar-refractivity contribution in [3.8, 4) is 0 Å². The fraction of sp³-hybridized carbons (Fsp3) is 0.296. The van der Waals surface area contributed by atoms with Gasteiger partial charge in [0, 0.05) is 37.1 Å². The van der Waals surface area contributed by atoms with Gasteiger partial charge < -0.3 is 14.9 Å². The average molecular weight is 494 g/mol. The Balaban J connectivity index is 1.54. The van der Waals surface area contributed by atoms with Gasteiger partial charge in [0.25, 0.3) is 10.0 Å². The molecule has 0 amide bonds. The highest BCUT2D eigenvalue weighted by molar-refractivity contribution is 7.92. The first-order chi connectivity index (χ1) is 16.7. The van der Waals surface area contributed by atoms with Crippen molar-refractivity contribution < 1.29 is 18.3 Å². The van der Waals surface area contributed by atoms with Gasteiger partial charge in [-0.25, -0.2) is 13.2 Å². The summed E-state index contributed by atoms with van der Waals surface area (Å²) in [6.45, 7) is 8.27. The number of nitrogens with one attached hydrogen (secondary N) is 1. The van der Waals surface area contributed by atoms with E-state index in [4.69, 9.17) is 0 Å². The maximum absolute atomic E-state index is 12.8. The number of benzene rings is 3. The molecule has 0 aliphatic carbocycles. The van der Waals surface area contributed by atoms with Gasteiger partial charge >= 0.3 is 5.97 Å². The number of carbonyl (C=O) groups is 1. The van der Waals surface area contributed by atoms with Crippen LogP contribution in [0.4, 0.5) is 17.1 Å². The van der Waals surface area contributed by atoms with Gasteiger partial charge in [-0.15, -0.1) is 0 Å². The van der Waals surface area contributed by atoms with Crippen LogP contribution in [-0.2, 0) is 16.4 Å². The second kappa shape index (κ2) is 10.00. The highest BCUT2D eigenvalue weighted by Gasteiger charge is 2.27. The molecule has 35 heavy (non-hydrogen) atoms. The largest absolute Gasteiger partial charge is 0.478 e. The van der Waals surface area contributed by atoms with Gasteiger partial charge in [-0.3, -0.25) is 4.72 Å². The number of piperazine rings is 1. The standard InChI is InChI=1S/C27H31N3O4S/c1-4-21-8-11-24(12-9-21)35(33,34)28-22-10-13-26(25(17-22)27(31)32)29-14-15-30(20(3)18-29)23-7-5-6-19(2)16-23/h5-13,16-17,20,28H,4,14-15,18H2,1-3H3,(H,31,32). The summed E-state index contributed by atoms with van der Waals surface area (Å²) in [5.74, 6) is -1.10. The lowest BCUT2D eigenvalue weighted by Crippen LogP contribution is -2.52. The molecule has 1 aliphatic rings. The van der Waals surface area contributed by atoms with E-state index in [2.05, 4.69) is 46.6 Å². The molecular formula is C27H31N3O4S. The Morgan fingerprint density at radius 3 is 2.43 bits per heavy atom. The van der Waals surface area contributed by atoms with Crippen molar-refractivity contribution in [2.24, 2.45) is 0 Å². The van der Waals surface area contributed by atoms with E-state index >= 15 is 0 Å². The summed E-state index contributed by atoms with van der Waals surface area (Å²) in [6, 6.07) is 19.9. The van der Waals surface area contributed by atoms with E-state index < -0.39 is 16.0 Å². The molecule has 0 saturated carbocycles. The van der Waals surface area contributed by atoms with Crippen LogP contribution < -0.4 is 14.5 Å². The van der Waals surface area contributed by atoms with Gasteiger partial charge in [-0.1, -0.05) is 31.2 Å². The lowest BCUT2D eigenvalue weighted by molar-refractivity contribution is 0.0697. The van der Waals surface area contributed by atoms with Crippen LogP contribution in [0.25, 0.3) is 0 Å². The number of anilines is 3. The van der Waals surface area contributed by atoms with E-state index in [9.17, 15) is 18.3 Å². The molecule has 8 heteroatoms. The van der Waals surface area contributed by atoms with Crippen molar-refractivity contribution in [1.82, 2.24) is 0 Å². The minimum Gasteiger partial charge on any atom is -0.478 e. The molecule has 1 saturated heterocycles. The van der Waals surface area contributed by atoms with E-state index in [1.54, 1.807) is 36.4 Å². The number of hydrogen-bond acceptors (Lipinski definition) is 5. The van der Waals surface area contributed by atoms with Crippen molar-refractivity contribution in [2.75, 3.05) is 34.2 Å². The first-order valence-corrected chi connectivity index (χ1v) is 13.2. The SMILES string of the molecule is CCc1ccc(S(=O)(=O)Nc2ccc(N3CCN(c4cccc(C)c4)C(C)C3)c(C(=O)O)c2)cc1. The van der Waals surface area contributed by atoms with E-state index in [0.29, 0.717) is 18.8 Å². The van der Waals surface area contributed by atoms with Crippen LogP contribution in [0.15, 0.2) is 71.6 Å². The fourth-order valence-electron chi connectivity index (χ4n) is 4.53. The topological polar surface area (TPSA) is 90.0 Å². The second-order valence-corrected chi connectivity index (χ2v) is 10.6. The van der Waals surface area contributed by atoms with Gasteiger partial charge in [-0.05, 0) is 73.9 Å². The van der Waals surface area contributed by atoms with Crippen molar-refractivity contribution in [2.45, 2.75) is 38.1 Å². The van der Waals surface area contributed by atoms with Crippen LogP contribution in [0.2, 0.25) is 0 Å². The molecule has 0 radical (unpaired) electrons. The van der Waals surface area contributed by atoms with Crippen LogP contribution in [0, 0.1) is 6.92 Å². The van der Waals surface area contributed by atoms with E-state index in [0.717, 1.165) is 24.2 Å². The molecule has 3 aromatic rings. The number of carboxylic acids is 1. The summed E-state index contributed by atoms with van der Waals surface area (Å²) in [5, 5.41) is 9.91. The highest BCUT2D eigenvalue weighted by Crippen LogP contribution is 2.30. The Morgan fingerprint density at radius 1 is 1.06 bits per heavy atom. The lowest BCUT2D eigenvalue weighted by atomic mass is 10.1. The molecule has 0 spiro atoms. The highest BCUT2D eigenvalue weighted by atomic mass is 32.2. The molecule has 1 unspecified atom stereocenters. The molecule has 2 N–H and O–H groups in total. The second-order valence-electron chi connectivity index (χ2n) is 8.97. The summed E-state index contributed by atoms with van der Waals surface area (Å²) in [7, 11) is -3.83. The molecule has 1 aliphatic heterocycles. The number of rotatable bonds is 7. The van der Waals surface area contributed by atoms with Crippen molar-refractivity contribution in [3.05, 3.63) is 83.4 Å². The van der Waals surface area contributed by atoms with E-state index in [1.807, 2.05) is 13.0 Å². The number of aryl methyl sites for hydroxylation is 2. The van der Waals surface area contributed by atoms with Crippen molar-refractivity contribution >= 4 is 33.1 Å². The Hall–Kier alpha value is -3.52. The third-order valence-electron chi connectivity index (χ3n) is 6.42. The fourth-order valence-corrected chi connectivity index (χ4v) is 5.58. The van der Waals surface area contributed by atoms with Gasteiger partial charge in [-0.2, -0.15) is 0 Å². The minimum absolute atomic E-state index is 0.0720. The lowest BCUT2D eigenvalue weighted by Gasteiger charge is -2.42. The zero-order valence-electron chi connectivity index (χ0n) is 20.2. The average Bonchev–Trinajstić information content (AvgIpc) is 2.83. The van der Waals surface area contributed by atoms with E-state index in [1.165, 1.54) is 11.6 Å². The van der Waals surface area contributed by atoms with Crippen LogP contribution in [0.5, 0.6) is 0 Å². The third kappa shape index (κ3) is 5.43. The number of carboxylic acid groups (broad SMARTS) is 1. The minimum atomic E-state index is -3.83. The molecule has 7 nitrogen and oxygen atoms in total. The quantitative estimate of drug-likeness (QED) is 0.493. The predicted molar refractivity (Wildman–Crippen MR) is 140 cm³/mol. The van der Waals surface area contributed by atoms with E-state index in [-0.39, 0.29) is 22.2 Å². The van der Waals surface area contributed by atoms with Crippen molar-refractivity contribution in [3.63, 3.8) is 0 Å². The maximum Gasteiger partial charge on any atom is 0.337 e. The molecule has 4 rings (SSSR count). The molecule has 184 valence electrons. The summed E-state index contributed by atoms with van der Waals surface area (Å²) in [4.78, 5) is 16.6.